The van der Waals surface area contributed by atoms with E-state index in [0.717, 1.165) is 12.8 Å². The molecule has 0 amide bonds. The van der Waals surface area contributed by atoms with E-state index >= 15 is 0 Å². The van der Waals surface area contributed by atoms with E-state index in [4.69, 9.17) is 5.84 Å². The van der Waals surface area contributed by atoms with Gasteiger partial charge in [0, 0.05) is 4.70 Å². The summed E-state index contributed by atoms with van der Waals surface area (Å²) in [5.41, 5.74) is 6.84. The third-order valence-electron chi connectivity index (χ3n) is 3.81. The highest BCUT2D eigenvalue weighted by Crippen LogP contribution is 2.33. The van der Waals surface area contributed by atoms with E-state index in [2.05, 4.69) is 66.3 Å². The van der Waals surface area contributed by atoms with Gasteiger partial charge in [-0.3, -0.25) is 5.84 Å². The molecule has 0 saturated carbocycles. The monoisotopic (exact) mass is 296 g/mol. The van der Waals surface area contributed by atoms with E-state index in [1.807, 2.05) is 0 Å². The number of hydrogen-bond acceptors (Lipinski definition) is 3. The molecule has 108 valence electrons. The Bertz CT molecular complexity index is 733. The van der Waals surface area contributed by atoms with Crippen molar-refractivity contribution < 1.29 is 0 Å². The SMILES string of the molecule is CCCc1cccc(C(NN)c2csc3ccccc23)c1. The van der Waals surface area contributed by atoms with Crippen LogP contribution in [0.4, 0.5) is 0 Å². The van der Waals surface area contributed by atoms with Gasteiger partial charge in [-0.1, -0.05) is 55.8 Å². The lowest BCUT2D eigenvalue weighted by Gasteiger charge is -2.17. The van der Waals surface area contributed by atoms with E-state index in [0.29, 0.717) is 0 Å². The van der Waals surface area contributed by atoms with Crippen molar-refractivity contribution in [1.29, 1.82) is 0 Å². The van der Waals surface area contributed by atoms with Crippen LogP contribution in [0, 0.1) is 0 Å². The fourth-order valence-electron chi connectivity index (χ4n) is 2.80. The van der Waals surface area contributed by atoms with Crippen molar-refractivity contribution >= 4 is 21.4 Å². The van der Waals surface area contributed by atoms with Crippen LogP contribution in [0.5, 0.6) is 0 Å². The highest BCUT2D eigenvalue weighted by molar-refractivity contribution is 7.17. The van der Waals surface area contributed by atoms with Crippen molar-refractivity contribution in [2.45, 2.75) is 25.8 Å². The quantitative estimate of drug-likeness (QED) is 0.541. The first-order valence-electron chi connectivity index (χ1n) is 7.34. The van der Waals surface area contributed by atoms with Crippen LogP contribution in [0.2, 0.25) is 0 Å². The normalized spacial score (nSPS) is 12.7. The summed E-state index contributed by atoms with van der Waals surface area (Å²) in [6.07, 6.45) is 2.26. The lowest BCUT2D eigenvalue weighted by Crippen LogP contribution is -2.28. The van der Waals surface area contributed by atoms with Gasteiger partial charge >= 0.3 is 0 Å². The minimum atomic E-state index is 0.0398. The van der Waals surface area contributed by atoms with Crippen molar-refractivity contribution in [2.75, 3.05) is 0 Å². The van der Waals surface area contributed by atoms with Gasteiger partial charge in [0.25, 0.3) is 0 Å². The standard InChI is InChI=1S/C18H20N2S/c1-2-6-13-7-5-8-14(11-13)18(20-19)16-12-21-17-10-4-3-9-15(16)17/h3-5,7-12,18,20H,2,6,19H2,1H3. The number of hydrazine groups is 1. The molecule has 21 heavy (non-hydrogen) atoms. The van der Waals surface area contributed by atoms with Crippen molar-refractivity contribution in [3.8, 4) is 0 Å². The van der Waals surface area contributed by atoms with Gasteiger partial charge in [-0.25, -0.2) is 5.43 Å². The average molecular weight is 296 g/mol. The number of hydrogen-bond donors (Lipinski definition) is 2. The first-order chi connectivity index (χ1) is 10.3. The lowest BCUT2D eigenvalue weighted by molar-refractivity contribution is 0.641. The molecule has 0 spiro atoms. The highest BCUT2D eigenvalue weighted by Gasteiger charge is 2.16. The Morgan fingerprint density at radius 3 is 2.81 bits per heavy atom. The molecule has 3 N–H and O–H groups in total. The molecule has 0 bridgehead atoms. The van der Waals surface area contributed by atoms with Crippen LogP contribution in [0.3, 0.4) is 0 Å². The van der Waals surface area contributed by atoms with E-state index in [9.17, 15) is 0 Å². The molecule has 3 aromatic rings. The van der Waals surface area contributed by atoms with Crippen molar-refractivity contribution in [3.63, 3.8) is 0 Å². The largest absolute Gasteiger partial charge is 0.271 e. The maximum Gasteiger partial charge on any atom is 0.0724 e. The summed E-state index contributed by atoms with van der Waals surface area (Å²) in [5, 5.41) is 3.49. The van der Waals surface area contributed by atoms with Gasteiger partial charge in [0.15, 0.2) is 0 Å². The van der Waals surface area contributed by atoms with Gasteiger partial charge in [0.1, 0.15) is 0 Å². The summed E-state index contributed by atoms with van der Waals surface area (Å²) in [5.74, 6) is 5.87. The van der Waals surface area contributed by atoms with Gasteiger partial charge in [0.2, 0.25) is 0 Å². The summed E-state index contributed by atoms with van der Waals surface area (Å²) in [7, 11) is 0. The molecule has 0 radical (unpaired) electrons. The molecule has 0 aliphatic carbocycles. The second-order valence-electron chi connectivity index (χ2n) is 5.28. The van der Waals surface area contributed by atoms with Crippen LogP contribution < -0.4 is 11.3 Å². The van der Waals surface area contributed by atoms with E-state index < -0.39 is 0 Å². The molecule has 2 nitrogen and oxygen atoms in total. The molecule has 2 aromatic carbocycles. The summed E-state index contributed by atoms with van der Waals surface area (Å²) in [4.78, 5) is 0. The maximum atomic E-state index is 5.87. The number of rotatable bonds is 5. The first kappa shape index (κ1) is 14.3. The molecule has 0 fully saturated rings. The molecule has 1 unspecified atom stereocenters. The molecule has 1 atom stereocenters. The Hall–Kier alpha value is -1.68. The molecule has 0 saturated heterocycles. The van der Waals surface area contributed by atoms with Crippen LogP contribution in [0.1, 0.15) is 36.1 Å². The van der Waals surface area contributed by atoms with Crippen molar-refractivity contribution in [2.24, 2.45) is 5.84 Å². The lowest BCUT2D eigenvalue weighted by atomic mass is 9.96. The number of thiophene rings is 1. The Kier molecular flexibility index (Phi) is 4.34. The molecular weight excluding hydrogens is 276 g/mol. The number of nitrogens with one attached hydrogen (secondary N) is 1. The number of aryl methyl sites for hydroxylation is 1. The summed E-state index contributed by atoms with van der Waals surface area (Å²) >= 11 is 1.77. The minimum absolute atomic E-state index is 0.0398. The van der Waals surface area contributed by atoms with Crippen LogP contribution >= 0.6 is 11.3 Å². The first-order valence-corrected chi connectivity index (χ1v) is 8.22. The van der Waals surface area contributed by atoms with Crippen molar-refractivity contribution in [3.05, 3.63) is 70.6 Å². The van der Waals surface area contributed by atoms with Crippen LogP contribution in [0.15, 0.2) is 53.9 Å². The van der Waals surface area contributed by atoms with E-state index in [1.165, 1.54) is 26.8 Å². The van der Waals surface area contributed by atoms with Crippen LogP contribution in [-0.2, 0) is 6.42 Å². The smallest absolute Gasteiger partial charge is 0.0724 e. The van der Waals surface area contributed by atoms with Gasteiger partial charge < -0.3 is 0 Å². The topological polar surface area (TPSA) is 38.0 Å². The van der Waals surface area contributed by atoms with Gasteiger partial charge in [-0.2, -0.15) is 0 Å². The highest BCUT2D eigenvalue weighted by atomic mass is 32.1. The van der Waals surface area contributed by atoms with Gasteiger partial charge in [0.05, 0.1) is 6.04 Å². The number of fused-ring (bicyclic) bond motifs is 1. The zero-order valence-corrected chi connectivity index (χ0v) is 13.0. The summed E-state index contributed by atoms with van der Waals surface area (Å²) in [6.45, 7) is 2.21. The van der Waals surface area contributed by atoms with Crippen LogP contribution in [-0.4, -0.2) is 0 Å². The zero-order valence-electron chi connectivity index (χ0n) is 12.2. The zero-order chi connectivity index (χ0) is 14.7. The van der Waals surface area contributed by atoms with E-state index in [-0.39, 0.29) is 6.04 Å². The number of nitrogens with two attached hydrogens (primary N) is 1. The average Bonchev–Trinajstić information content (AvgIpc) is 2.93. The summed E-state index contributed by atoms with van der Waals surface area (Å²) < 4.78 is 1.30. The molecule has 0 aliphatic heterocycles. The van der Waals surface area contributed by atoms with Crippen molar-refractivity contribution in [1.82, 2.24) is 5.43 Å². The number of benzene rings is 2. The Morgan fingerprint density at radius 2 is 2.00 bits per heavy atom. The second-order valence-corrected chi connectivity index (χ2v) is 6.19. The Labute approximate surface area is 129 Å². The second kappa shape index (κ2) is 6.39. The molecule has 1 aromatic heterocycles. The maximum absolute atomic E-state index is 5.87. The van der Waals surface area contributed by atoms with Gasteiger partial charge in [-0.05, 0) is 39.9 Å². The van der Waals surface area contributed by atoms with Crippen LogP contribution in [0.25, 0.3) is 10.1 Å². The third kappa shape index (κ3) is 2.86. The molecule has 0 aliphatic rings. The Balaban J connectivity index is 2.03. The molecule has 3 heteroatoms. The molecular formula is C18H20N2S. The fourth-order valence-corrected chi connectivity index (χ4v) is 3.79. The van der Waals surface area contributed by atoms with Gasteiger partial charge in [-0.15, -0.1) is 11.3 Å². The third-order valence-corrected chi connectivity index (χ3v) is 4.79. The predicted octanol–water partition coefficient (Wildman–Crippen LogP) is 4.41. The molecule has 1 heterocycles. The molecule has 3 rings (SSSR count). The Morgan fingerprint density at radius 1 is 1.14 bits per heavy atom. The predicted molar refractivity (Wildman–Crippen MR) is 91.4 cm³/mol. The fraction of sp³-hybridized carbons (Fsp3) is 0.222. The van der Waals surface area contributed by atoms with E-state index in [1.54, 1.807) is 11.3 Å². The summed E-state index contributed by atoms with van der Waals surface area (Å²) in [6, 6.07) is 17.3. The minimum Gasteiger partial charge on any atom is -0.271 e.